The third-order valence-electron chi connectivity index (χ3n) is 5.52. The maximum atomic E-state index is 13.4. The Labute approximate surface area is 166 Å². The molecule has 1 aromatic heterocycles. The second kappa shape index (κ2) is 6.53. The predicted molar refractivity (Wildman–Crippen MR) is 109 cm³/mol. The van der Waals surface area contributed by atoms with E-state index in [1.165, 1.54) is 4.68 Å². The predicted octanol–water partition coefficient (Wildman–Crippen LogP) is 4.24. The number of fused-ring (bicyclic) bond motifs is 2. The van der Waals surface area contributed by atoms with Gasteiger partial charge in [0.25, 0.3) is 5.56 Å². The van der Waals surface area contributed by atoms with E-state index in [4.69, 9.17) is 11.6 Å². The summed E-state index contributed by atoms with van der Waals surface area (Å²) in [4.78, 5) is 26.2. The van der Waals surface area contributed by atoms with Crippen LogP contribution in [0.3, 0.4) is 0 Å². The number of aromatic nitrogens is 2. The molecule has 0 spiro atoms. The maximum absolute atomic E-state index is 13.4. The molecule has 0 fully saturated rings. The summed E-state index contributed by atoms with van der Waals surface area (Å²) in [5.41, 5.74) is 2.97. The second-order valence-electron chi connectivity index (χ2n) is 7.17. The van der Waals surface area contributed by atoms with Crippen LogP contribution in [0.2, 0.25) is 5.02 Å². The summed E-state index contributed by atoms with van der Waals surface area (Å²) >= 11 is 6.07. The van der Waals surface area contributed by atoms with Gasteiger partial charge in [0.1, 0.15) is 11.6 Å². The molecule has 0 unspecified atom stereocenters. The molecule has 140 valence electrons. The van der Waals surface area contributed by atoms with Crippen LogP contribution in [0.25, 0.3) is 5.69 Å². The van der Waals surface area contributed by atoms with Crippen LogP contribution in [0, 0.1) is 5.92 Å². The third kappa shape index (κ3) is 2.62. The van der Waals surface area contributed by atoms with Crippen LogP contribution in [0.5, 0.6) is 0 Å². The van der Waals surface area contributed by atoms with E-state index in [2.05, 4.69) is 16.5 Å². The lowest BCUT2D eigenvalue weighted by molar-refractivity contribution is -0.122. The van der Waals surface area contributed by atoms with E-state index in [9.17, 15) is 9.59 Å². The summed E-state index contributed by atoms with van der Waals surface area (Å²) < 4.78 is 1.53. The lowest BCUT2D eigenvalue weighted by Crippen LogP contribution is -2.36. The number of benzene rings is 2. The van der Waals surface area contributed by atoms with Crippen LogP contribution >= 0.6 is 11.6 Å². The van der Waals surface area contributed by atoms with Gasteiger partial charge in [-0.2, -0.15) is 0 Å². The average Bonchev–Trinajstić information content (AvgIpc) is 3.04. The summed E-state index contributed by atoms with van der Waals surface area (Å²) in [5, 5.41) is 7.13. The number of carbonyl (C=O) groups is 1. The van der Waals surface area contributed by atoms with E-state index in [1.807, 2.05) is 42.5 Å². The van der Waals surface area contributed by atoms with Crippen LogP contribution in [0.15, 0.2) is 71.2 Å². The Morgan fingerprint density at radius 2 is 1.71 bits per heavy atom. The number of para-hydroxylation sites is 1. The molecule has 2 aromatic carbocycles. The monoisotopic (exact) mass is 391 g/mol. The average molecular weight is 392 g/mol. The number of nitrogens with zero attached hydrogens (tertiary/aromatic N) is 1. The first-order chi connectivity index (χ1) is 13.6. The van der Waals surface area contributed by atoms with Crippen molar-refractivity contribution in [1.29, 1.82) is 0 Å². The molecule has 2 aliphatic rings. The molecular formula is C22H18ClN3O2. The number of H-pyrrole nitrogens is 1. The summed E-state index contributed by atoms with van der Waals surface area (Å²) in [6, 6.07) is 16.8. The molecule has 28 heavy (non-hydrogen) atoms. The Hall–Kier alpha value is -3.05. The van der Waals surface area contributed by atoms with Crippen molar-refractivity contribution in [3.8, 4) is 5.69 Å². The SMILES string of the molecule is O=C1CCC=C2Nc3[nH]n(-c4ccccc4)c(=O)c3[C@H](c3ccc(Cl)cc3)[C@@H]12. The topological polar surface area (TPSA) is 66.9 Å². The Kier molecular flexibility index (Phi) is 3.98. The van der Waals surface area contributed by atoms with Gasteiger partial charge in [-0.3, -0.25) is 14.7 Å². The zero-order valence-electron chi connectivity index (χ0n) is 15.0. The van der Waals surface area contributed by atoms with Crippen LogP contribution in [-0.2, 0) is 4.79 Å². The molecule has 1 aliphatic carbocycles. The maximum Gasteiger partial charge on any atom is 0.277 e. The highest BCUT2D eigenvalue weighted by molar-refractivity contribution is 6.30. The smallest absolute Gasteiger partial charge is 0.277 e. The number of anilines is 1. The Bertz CT molecular complexity index is 1140. The molecule has 1 aliphatic heterocycles. The number of hydrogen-bond donors (Lipinski definition) is 2. The fraction of sp³-hybridized carbons (Fsp3) is 0.182. The molecule has 0 radical (unpaired) electrons. The number of hydrogen-bond acceptors (Lipinski definition) is 3. The van der Waals surface area contributed by atoms with E-state index in [0.29, 0.717) is 29.2 Å². The van der Waals surface area contributed by atoms with Gasteiger partial charge >= 0.3 is 0 Å². The minimum absolute atomic E-state index is 0.147. The molecule has 2 atom stereocenters. The zero-order chi connectivity index (χ0) is 19.3. The standard InChI is InChI=1S/C22H18ClN3O2/c23-14-11-9-13(10-12-14)18-19-16(7-4-8-17(19)27)24-21-20(18)22(28)26(25-21)15-5-2-1-3-6-15/h1-3,5-7,9-12,18-19,24-25H,4,8H2/t18-,19-/m1/s1. The Morgan fingerprint density at radius 1 is 0.964 bits per heavy atom. The van der Waals surface area contributed by atoms with Crippen LogP contribution < -0.4 is 10.9 Å². The van der Waals surface area contributed by atoms with E-state index in [0.717, 1.165) is 16.9 Å². The fourth-order valence-corrected chi connectivity index (χ4v) is 4.38. The van der Waals surface area contributed by atoms with E-state index >= 15 is 0 Å². The van der Waals surface area contributed by atoms with Crippen molar-refractivity contribution in [1.82, 2.24) is 9.78 Å². The third-order valence-corrected chi connectivity index (χ3v) is 5.77. The molecule has 2 heterocycles. The molecule has 0 amide bonds. The quantitative estimate of drug-likeness (QED) is 0.686. The van der Waals surface area contributed by atoms with Crippen molar-refractivity contribution in [2.24, 2.45) is 5.92 Å². The summed E-state index contributed by atoms with van der Waals surface area (Å²) in [6.45, 7) is 0. The fourth-order valence-electron chi connectivity index (χ4n) is 4.25. The number of rotatable bonds is 2. The first kappa shape index (κ1) is 17.1. The van der Waals surface area contributed by atoms with Crippen molar-refractivity contribution in [2.45, 2.75) is 18.8 Å². The van der Waals surface area contributed by atoms with E-state index in [-0.39, 0.29) is 23.2 Å². The highest BCUT2D eigenvalue weighted by atomic mass is 35.5. The van der Waals surface area contributed by atoms with Gasteiger partial charge in [-0.15, -0.1) is 0 Å². The first-order valence-electron chi connectivity index (χ1n) is 9.29. The highest BCUT2D eigenvalue weighted by Crippen LogP contribution is 2.45. The molecule has 5 nitrogen and oxygen atoms in total. The summed E-state index contributed by atoms with van der Waals surface area (Å²) in [7, 11) is 0. The van der Waals surface area contributed by atoms with Gasteiger partial charge in [0, 0.05) is 23.1 Å². The normalized spacial score (nSPS) is 20.8. The minimum atomic E-state index is -0.379. The highest BCUT2D eigenvalue weighted by Gasteiger charge is 2.42. The van der Waals surface area contributed by atoms with Gasteiger partial charge in [0.05, 0.1) is 17.2 Å². The molecule has 2 N–H and O–H groups in total. The largest absolute Gasteiger partial charge is 0.343 e. The molecular weight excluding hydrogens is 374 g/mol. The number of aromatic amines is 1. The molecule has 3 aromatic rings. The van der Waals surface area contributed by atoms with Crippen molar-refractivity contribution in [3.63, 3.8) is 0 Å². The van der Waals surface area contributed by atoms with Gasteiger partial charge in [0.2, 0.25) is 0 Å². The summed E-state index contributed by atoms with van der Waals surface area (Å²) in [5.74, 6) is 0.0740. The molecule has 0 saturated carbocycles. The number of carbonyl (C=O) groups excluding carboxylic acids is 1. The Balaban J connectivity index is 1.75. The Morgan fingerprint density at radius 3 is 2.46 bits per heavy atom. The van der Waals surface area contributed by atoms with Crippen LogP contribution in [-0.4, -0.2) is 15.6 Å². The van der Waals surface area contributed by atoms with Crippen LogP contribution in [0.1, 0.15) is 29.9 Å². The van der Waals surface area contributed by atoms with Gasteiger partial charge < -0.3 is 5.32 Å². The van der Waals surface area contributed by atoms with Crippen molar-refractivity contribution in [3.05, 3.63) is 92.9 Å². The molecule has 6 heteroatoms. The van der Waals surface area contributed by atoms with Crippen molar-refractivity contribution in [2.75, 3.05) is 5.32 Å². The lowest BCUT2D eigenvalue weighted by atomic mass is 9.72. The first-order valence-corrected chi connectivity index (χ1v) is 9.67. The van der Waals surface area contributed by atoms with Gasteiger partial charge in [0.15, 0.2) is 0 Å². The number of halogens is 1. The van der Waals surface area contributed by atoms with Gasteiger partial charge in [-0.25, -0.2) is 4.68 Å². The number of nitrogens with one attached hydrogen (secondary N) is 2. The van der Waals surface area contributed by atoms with Gasteiger partial charge in [-0.05, 0) is 36.2 Å². The number of allylic oxidation sites excluding steroid dienone is 2. The molecule has 5 rings (SSSR count). The van der Waals surface area contributed by atoms with E-state index in [1.54, 1.807) is 12.1 Å². The van der Waals surface area contributed by atoms with E-state index < -0.39 is 0 Å². The van der Waals surface area contributed by atoms with Crippen LogP contribution in [0.4, 0.5) is 5.82 Å². The van der Waals surface area contributed by atoms with Crippen molar-refractivity contribution < 1.29 is 4.79 Å². The second-order valence-corrected chi connectivity index (χ2v) is 7.61. The number of ketones is 1. The number of Topliss-reactive ketones (excluding diaryl/α,β-unsaturated/α-hetero) is 1. The minimum Gasteiger partial charge on any atom is -0.343 e. The molecule has 0 saturated heterocycles. The van der Waals surface area contributed by atoms with Gasteiger partial charge in [-0.1, -0.05) is 48.0 Å². The molecule has 0 bridgehead atoms. The summed E-state index contributed by atoms with van der Waals surface area (Å²) in [6.07, 6.45) is 3.27. The zero-order valence-corrected chi connectivity index (χ0v) is 15.7. The van der Waals surface area contributed by atoms with Crippen molar-refractivity contribution >= 4 is 23.2 Å². The lowest BCUT2D eigenvalue weighted by Gasteiger charge is -2.35.